The van der Waals surface area contributed by atoms with Crippen molar-refractivity contribution in [3.05, 3.63) is 163 Å². The summed E-state index contributed by atoms with van der Waals surface area (Å²) < 4.78 is 48.9. The van der Waals surface area contributed by atoms with Gasteiger partial charge in [0.15, 0.2) is 8.32 Å². The summed E-state index contributed by atoms with van der Waals surface area (Å²) >= 11 is 1.29. The minimum Gasteiger partial charge on any atom is -0.457 e. The van der Waals surface area contributed by atoms with Gasteiger partial charge in [-0.05, 0) is 85.0 Å². The number of Topliss-reactive ketones (excluding diaryl/α,β-unsaturated/α-hetero) is 1. The summed E-state index contributed by atoms with van der Waals surface area (Å²) in [6.45, 7) is 14.8. The van der Waals surface area contributed by atoms with Crippen LogP contribution in [0, 0.1) is 24.7 Å². The summed E-state index contributed by atoms with van der Waals surface area (Å²) in [4.78, 5) is 53.6. The third-order valence-electron chi connectivity index (χ3n) is 14.1. The molecule has 6 aromatic rings. The first-order valence-corrected chi connectivity index (χ1v) is 30.4. The number of hydrogen-bond donors (Lipinski definition) is 0. The van der Waals surface area contributed by atoms with Crippen molar-refractivity contribution in [2.75, 3.05) is 6.61 Å². The second-order valence-corrected chi connectivity index (χ2v) is 30.3. The summed E-state index contributed by atoms with van der Waals surface area (Å²) in [5.74, 6) is -4.01. The molecule has 2 unspecified atom stereocenters. The maximum absolute atomic E-state index is 15.9. The zero-order valence-electron chi connectivity index (χ0n) is 40.3. The number of amides is 1. The van der Waals surface area contributed by atoms with Gasteiger partial charge in [-0.25, -0.2) is 9.78 Å². The number of benzene rings is 5. The number of esters is 1. The van der Waals surface area contributed by atoms with Crippen LogP contribution in [0.2, 0.25) is 18.1 Å². The summed E-state index contributed by atoms with van der Waals surface area (Å²) in [7, 11) is -6.95. The largest absolute Gasteiger partial charge is 0.457 e. The number of thiazole rings is 1. The van der Waals surface area contributed by atoms with Crippen molar-refractivity contribution >= 4 is 85.9 Å². The number of aromatic nitrogens is 1. The van der Waals surface area contributed by atoms with E-state index in [0.717, 1.165) is 26.2 Å². The maximum atomic E-state index is 15.9. The van der Waals surface area contributed by atoms with Gasteiger partial charge in [-0.2, -0.15) is 8.42 Å². The molecule has 2 heterocycles. The molecule has 1 saturated heterocycles. The Morgan fingerprint density at radius 3 is 1.94 bits per heavy atom. The van der Waals surface area contributed by atoms with Crippen molar-refractivity contribution in [3.63, 3.8) is 0 Å². The summed E-state index contributed by atoms with van der Waals surface area (Å²) in [5, 5.41) is 2.59. The Morgan fingerprint density at radius 1 is 0.855 bits per heavy atom. The van der Waals surface area contributed by atoms with Crippen LogP contribution in [-0.4, -0.2) is 68.4 Å². The second kappa shape index (κ2) is 20.2. The van der Waals surface area contributed by atoms with Crippen LogP contribution in [0.25, 0.3) is 10.2 Å². The van der Waals surface area contributed by atoms with E-state index in [0.29, 0.717) is 29.8 Å². The molecule has 10 nitrogen and oxygen atoms in total. The van der Waals surface area contributed by atoms with Crippen molar-refractivity contribution in [1.82, 2.24) is 9.88 Å². The molecule has 360 valence electrons. The number of ketones is 1. The third kappa shape index (κ3) is 9.66. The molecular formula is C55H61N2O8PS2Si. The minimum atomic E-state index is -4.42. The normalized spacial score (nSPS) is 20.0. The van der Waals surface area contributed by atoms with Gasteiger partial charge >= 0.3 is 5.97 Å². The molecule has 1 amide bonds. The lowest BCUT2D eigenvalue weighted by Crippen LogP contribution is -2.72. The molecule has 1 aliphatic carbocycles. The fourth-order valence-electron chi connectivity index (χ4n) is 9.71. The Kier molecular flexibility index (Phi) is 14.7. The van der Waals surface area contributed by atoms with E-state index < -0.39 is 67.3 Å². The Hall–Kier alpha value is -5.27. The van der Waals surface area contributed by atoms with Crippen LogP contribution in [0.1, 0.15) is 63.6 Å². The Bertz CT molecular complexity index is 2870. The highest BCUT2D eigenvalue weighted by Crippen LogP contribution is 2.53. The third-order valence-corrected chi connectivity index (χ3v) is 25.3. The van der Waals surface area contributed by atoms with Crippen LogP contribution in [0.15, 0.2) is 157 Å². The first-order chi connectivity index (χ1) is 32.9. The van der Waals surface area contributed by atoms with Gasteiger partial charge in [0.1, 0.15) is 28.9 Å². The molecule has 69 heavy (non-hydrogen) atoms. The molecule has 2 aliphatic rings. The highest BCUT2D eigenvalue weighted by atomic mass is 32.2. The smallest absolute Gasteiger partial charge is 0.356 e. The monoisotopic (exact) mass is 1000 g/mol. The molecule has 0 spiro atoms. The van der Waals surface area contributed by atoms with Gasteiger partial charge in [0, 0.05) is 12.8 Å². The van der Waals surface area contributed by atoms with Gasteiger partial charge in [-0.1, -0.05) is 161 Å². The Morgan fingerprint density at radius 2 is 1.41 bits per heavy atom. The van der Waals surface area contributed by atoms with E-state index >= 15 is 14.4 Å². The van der Waals surface area contributed by atoms with Crippen LogP contribution in [0.4, 0.5) is 0 Å². The molecule has 6 atom stereocenters. The zero-order chi connectivity index (χ0) is 49.3. The number of ether oxygens (including phenoxy) is 1. The number of carbonyl (C=O) groups excluding carboxylic acids is 3. The van der Waals surface area contributed by atoms with E-state index in [1.165, 1.54) is 29.5 Å². The van der Waals surface area contributed by atoms with E-state index in [9.17, 15) is 8.42 Å². The predicted octanol–water partition coefficient (Wildman–Crippen LogP) is 10.1. The minimum absolute atomic E-state index is 0.0354. The highest BCUT2D eigenvalue weighted by molar-refractivity contribution is 7.96. The first-order valence-electron chi connectivity index (χ1n) is 23.5. The van der Waals surface area contributed by atoms with Crippen molar-refractivity contribution in [2.45, 2.75) is 95.2 Å². The fourth-order valence-corrected chi connectivity index (χ4v) is 17.7. The number of hydrogen-bond acceptors (Lipinski definition) is 10. The summed E-state index contributed by atoms with van der Waals surface area (Å²) in [5.41, 5.74) is 1.69. The zero-order valence-corrected chi connectivity index (χ0v) is 43.8. The average molecular weight is 1000 g/mol. The van der Waals surface area contributed by atoms with Gasteiger partial charge in [-0.3, -0.25) is 13.8 Å². The van der Waals surface area contributed by atoms with Crippen molar-refractivity contribution < 1.29 is 36.1 Å². The number of likely N-dealkylation sites (tertiary alicyclic amines) is 1. The molecule has 2 fully saturated rings. The van der Waals surface area contributed by atoms with E-state index in [4.69, 9.17) is 18.3 Å². The molecule has 0 radical (unpaired) electrons. The molecule has 0 N–H and O–H groups in total. The van der Waals surface area contributed by atoms with Gasteiger partial charge in [0.25, 0.3) is 10.1 Å². The van der Waals surface area contributed by atoms with Crippen molar-refractivity contribution in [1.29, 1.82) is 0 Å². The number of fused-ring (bicyclic) bond motifs is 1. The van der Waals surface area contributed by atoms with Crippen LogP contribution in [0.3, 0.4) is 0 Å². The van der Waals surface area contributed by atoms with Crippen LogP contribution in [-0.2, 0) is 37.8 Å². The molecule has 14 heteroatoms. The summed E-state index contributed by atoms with van der Waals surface area (Å²) in [6, 6.07) is 42.3. The van der Waals surface area contributed by atoms with E-state index in [2.05, 4.69) is 40.4 Å². The summed E-state index contributed by atoms with van der Waals surface area (Å²) in [6.07, 6.45) is 0.748. The van der Waals surface area contributed by atoms with Gasteiger partial charge in [0.05, 0.1) is 39.1 Å². The number of nitrogens with zero attached hydrogens (tertiary/aromatic N) is 2. The molecule has 1 aromatic heterocycles. The molecule has 0 bridgehead atoms. The number of rotatable bonds is 16. The van der Waals surface area contributed by atoms with Crippen molar-refractivity contribution in [2.24, 2.45) is 17.8 Å². The van der Waals surface area contributed by atoms with Gasteiger partial charge in [-0.15, -0.1) is 11.3 Å². The Balaban J connectivity index is 1.36. The topological polar surface area (TPSA) is 129 Å². The Labute approximate surface area is 412 Å². The van der Waals surface area contributed by atoms with Crippen molar-refractivity contribution in [3.8, 4) is 0 Å². The molecular weight excluding hydrogens is 940 g/mol. The fraction of sp³-hybridized carbons (Fsp3) is 0.327. The van der Waals surface area contributed by atoms with Gasteiger partial charge < -0.3 is 14.1 Å². The van der Waals surface area contributed by atoms with E-state index in [1.54, 1.807) is 17.0 Å². The van der Waals surface area contributed by atoms with E-state index in [-0.39, 0.29) is 33.6 Å². The highest BCUT2D eigenvalue weighted by Gasteiger charge is 2.61. The number of carbonyl (C=O) groups is 3. The lowest BCUT2D eigenvalue weighted by molar-refractivity contribution is -0.164. The first kappa shape index (κ1) is 50.1. The molecule has 8 rings (SSSR count). The van der Waals surface area contributed by atoms with Crippen LogP contribution >= 0.6 is 18.2 Å². The number of aryl methyl sites for hydroxylation is 1. The van der Waals surface area contributed by atoms with Gasteiger partial charge in [0.2, 0.25) is 5.91 Å². The second-order valence-electron chi connectivity index (χ2n) is 19.5. The maximum Gasteiger partial charge on any atom is 0.356 e. The quantitative estimate of drug-likeness (QED) is 0.0232. The SMILES string of the molecule is C=CCOC(=O)C(N1C(=O)[C@H]([C@@H](C)O[Si](C)(C)C(C)(C)C)[C@H]1[C@H]1CCCC(C(OS(=O)(=O)c2ccc(C)cc2)c2nc3ccccc3s2)C1=O)=P(c1ccccc1)(c1ccccc1)c1ccccc1. The van der Waals surface area contributed by atoms with Crippen LogP contribution in [0.5, 0.6) is 0 Å². The molecule has 1 saturated carbocycles. The molecule has 5 aromatic carbocycles. The van der Waals surface area contributed by atoms with Crippen LogP contribution < -0.4 is 15.9 Å². The predicted molar refractivity (Wildman–Crippen MR) is 281 cm³/mol. The number of para-hydroxylation sites is 1. The number of β-lactam (4-membered cyclic amide) rings is 1. The lowest BCUT2D eigenvalue weighted by atomic mass is 9.67. The average Bonchev–Trinajstić information content (AvgIpc) is 3.77. The molecule has 1 aliphatic heterocycles. The lowest BCUT2D eigenvalue weighted by Gasteiger charge is -2.56. The standard InChI is InChI=1S/C55H61N2O8PS2Si/c1-9-36-63-54(60)53(66(39-22-13-10-14-23-39,40-24-15-11-16-25-40)41-26-17-12-18-27-41)57-48(47(52(57)59)38(3)65-69(7,8)55(4,5)6)43-28-21-29-44(49(43)58)50(51-56-45-30-19-20-31-46(45)67-51)64-68(61,62)42-34-32-37(2)33-35-42/h9-20,22-27,30-35,38,43-44,47-48,50H,1,21,28-29,36H2,2-8H3/t38-,43-,44?,47-,48-,50?/m1/s1. The van der Waals surface area contributed by atoms with E-state index in [1.807, 2.05) is 129 Å².